The standard InChI is InChI=1S/C20H16N6O2/c1-28-15-4-2-3-14(8-15)25-18-19-23-11-24-26(19)17(10-21-18)12-5-6-16-13(7-12)9-22-20(16)27/h2-11,22,27H,1H3,(H,21,25). The van der Waals surface area contributed by atoms with Gasteiger partial charge in [-0.25, -0.2) is 14.5 Å². The Hall–Kier alpha value is -4.07. The second-order valence-electron chi connectivity index (χ2n) is 6.28. The van der Waals surface area contributed by atoms with Crippen LogP contribution in [-0.2, 0) is 0 Å². The van der Waals surface area contributed by atoms with Crippen LogP contribution in [0.1, 0.15) is 0 Å². The van der Waals surface area contributed by atoms with Gasteiger partial charge in [-0.1, -0.05) is 12.1 Å². The maximum Gasteiger partial charge on any atom is 0.199 e. The van der Waals surface area contributed by atoms with Gasteiger partial charge in [0.2, 0.25) is 0 Å². The van der Waals surface area contributed by atoms with Gasteiger partial charge in [-0.05, 0) is 24.3 Å². The summed E-state index contributed by atoms with van der Waals surface area (Å²) in [7, 11) is 1.63. The van der Waals surface area contributed by atoms with Crippen LogP contribution in [0.25, 0.3) is 27.7 Å². The monoisotopic (exact) mass is 372 g/mol. The van der Waals surface area contributed by atoms with Crippen molar-refractivity contribution in [2.75, 3.05) is 12.4 Å². The first kappa shape index (κ1) is 16.1. The molecule has 0 atom stereocenters. The minimum atomic E-state index is 0.156. The van der Waals surface area contributed by atoms with Crippen LogP contribution in [0.5, 0.6) is 11.6 Å². The summed E-state index contributed by atoms with van der Waals surface area (Å²) in [6.07, 6.45) is 5.01. The van der Waals surface area contributed by atoms with E-state index in [1.54, 1.807) is 24.0 Å². The molecule has 0 amide bonds. The Kier molecular flexibility index (Phi) is 3.61. The van der Waals surface area contributed by atoms with E-state index in [0.29, 0.717) is 11.5 Å². The van der Waals surface area contributed by atoms with Gasteiger partial charge in [0.15, 0.2) is 17.3 Å². The van der Waals surface area contributed by atoms with Crippen LogP contribution in [0.2, 0.25) is 0 Å². The normalized spacial score (nSPS) is 11.2. The Morgan fingerprint density at radius 3 is 2.96 bits per heavy atom. The first-order valence-corrected chi connectivity index (χ1v) is 8.63. The minimum absolute atomic E-state index is 0.156. The van der Waals surface area contributed by atoms with Gasteiger partial charge < -0.3 is 20.1 Å². The Bertz CT molecular complexity index is 1310. The number of hydrogen-bond donors (Lipinski definition) is 3. The lowest BCUT2D eigenvalue weighted by atomic mass is 10.1. The van der Waals surface area contributed by atoms with Crippen LogP contribution >= 0.6 is 0 Å². The molecule has 138 valence electrons. The molecule has 0 aliphatic carbocycles. The van der Waals surface area contributed by atoms with E-state index in [1.807, 2.05) is 42.5 Å². The summed E-state index contributed by atoms with van der Waals surface area (Å²) >= 11 is 0. The molecule has 3 heterocycles. The zero-order chi connectivity index (χ0) is 19.1. The number of ether oxygens (including phenoxy) is 1. The predicted molar refractivity (Wildman–Crippen MR) is 106 cm³/mol. The maximum atomic E-state index is 9.81. The number of rotatable bonds is 4. The van der Waals surface area contributed by atoms with Gasteiger partial charge in [-0.3, -0.25) is 0 Å². The van der Waals surface area contributed by atoms with E-state index in [9.17, 15) is 5.11 Å². The fourth-order valence-electron chi connectivity index (χ4n) is 3.22. The molecule has 0 unspecified atom stereocenters. The molecule has 0 spiro atoms. The van der Waals surface area contributed by atoms with Gasteiger partial charge in [0, 0.05) is 34.3 Å². The van der Waals surface area contributed by atoms with Crippen molar-refractivity contribution in [1.29, 1.82) is 0 Å². The van der Waals surface area contributed by atoms with E-state index in [4.69, 9.17) is 4.74 Å². The minimum Gasteiger partial charge on any atom is -0.497 e. The number of anilines is 2. The highest BCUT2D eigenvalue weighted by Crippen LogP contribution is 2.30. The Morgan fingerprint density at radius 2 is 2.07 bits per heavy atom. The van der Waals surface area contributed by atoms with Crippen molar-refractivity contribution in [2.45, 2.75) is 0 Å². The highest BCUT2D eigenvalue weighted by Gasteiger charge is 2.13. The number of benzene rings is 2. The first-order chi connectivity index (χ1) is 13.7. The molecule has 5 rings (SSSR count). The largest absolute Gasteiger partial charge is 0.497 e. The van der Waals surface area contributed by atoms with Crippen LogP contribution in [-0.4, -0.2) is 36.8 Å². The number of methoxy groups -OCH3 is 1. The van der Waals surface area contributed by atoms with Crippen molar-refractivity contribution in [1.82, 2.24) is 24.6 Å². The molecule has 0 radical (unpaired) electrons. The average Bonchev–Trinajstić information content (AvgIpc) is 3.36. The van der Waals surface area contributed by atoms with Crippen molar-refractivity contribution >= 4 is 27.9 Å². The quantitative estimate of drug-likeness (QED) is 0.444. The van der Waals surface area contributed by atoms with E-state index in [1.165, 1.54) is 6.33 Å². The molecule has 0 saturated heterocycles. The molecule has 0 aliphatic rings. The molecular weight excluding hydrogens is 356 g/mol. The topological polar surface area (TPSA) is 100 Å². The molecule has 0 bridgehead atoms. The van der Waals surface area contributed by atoms with E-state index in [-0.39, 0.29) is 5.88 Å². The number of H-pyrrole nitrogens is 1. The van der Waals surface area contributed by atoms with Crippen LogP contribution < -0.4 is 10.1 Å². The number of aromatic amines is 1. The third kappa shape index (κ3) is 2.59. The molecule has 0 saturated carbocycles. The lowest BCUT2D eigenvalue weighted by Crippen LogP contribution is -2.02. The molecule has 0 aliphatic heterocycles. The summed E-state index contributed by atoms with van der Waals surface area (Å²) in [5.74, 6) is 1.50. The van der Waals surface area contributed by atoms with E-state index < -0.39 is 0 Å². The van der Waals surface area contributed by atoms with Crippen molar-refractivity contribution in [2.24, 2.45) is 0 Å². The maximum absolute atomic E-state index is 9.81. The van der Waals surface area contributed by atoms with Crippen molar-refractivity contribution < 1.29 is 9.84 Å². The summed E-state index contributed by atoms with van der Waals surface area (Å²) in [6, 6.07) is 13.3. The van der Waals surface area contributed by atoms with E-state index >= 15 is 0 Å². The smallest absolute Gasteiger partial charge is 0.199 e. The Labute approximate surface area is 159 Å². The summed E-state index contributed by atoms with van der Waals surface area (Å²) < 4.78 is 7.00. The number of nitrogens with zero attached hydrogens (tertiary/aromatic N) is 4. The number of aromatic nitrogens is 5. The fourth-order valence-corrected chi connectivity index (χ4v) is 3.22. The molecule has 8 heteroatoms. The molecule has 28 heavy (non-hydrogen) atoms. The average molecular weight is 372 g/mol. The second kappa shape index (κ2) is 6.27. The predicted octanol–water partition coefficient (Wildman–Crippen LogP) is 3.73. The van der Waals surface area contributed by atoms with Crippen LogP contribution in [0.4, 0.5) is 11.5 Å². The summed E-state index contributed by atoms with van der Waals surface area (Å²) in [5.41, 5.74) is 3.17. The Balaban J connectivity index is 1.58. The number of nitrogens with one attached hydrogen (secondary N) is 2. The van der Waals surface area contributed by atoms with E-state index in [0.717, 1.165) is 33.5 Å². The second-order valence-corrected chi connectivity index (χ2v) is 6.28. The third-order valence-electron chi connectivity index (χ3n) is 4.60. The summed E-state index contributed by atoms with van der Waals surface area (Å²) in [4.78, 5) is 11.7. The zero-order valence-corrected chi connectivity index (χ0v) is 14.9. The Morgan fingerprint density at radius 1 is 1.14 bits per heavy atom. The van der Waals surface area contributed by atoms with E-state index in [2.05, 4.69) is 25.4 Å². The first-order valence-electron chi connectivity index (χ1n) is 8.63. The molecule has 3 aromatic heterocycles. The fraction of sp³-hybridized carbons (Fsp3) is 0.0500. The lowest BCUT2D eigenvalue weighted by Gasteiger charge is -2.10. The number of aromatic hydroxyl groups is 1. The van der Waals surface area contributed by atoms with Gasteiger partial charge in [-0.2, -0.15) is 5.10 Å². The van der Waals surface area contributed by atoms with Crippen molar-refractivity contribution in [3.8, 4) is 22.9 Å². The van der Waals surface area contributed by atoms with Crippen molar-refractivity contribution in [3.63, 3.8) is 0 Å². The molecule has 2 aromatic carbocycles. The van der Waals surface area contributed by atoms with Gasteiger partial charge in [0.05, 0.1) is 19.0 Å². The summed E-state index contributed by atoms with van der Waals surface area (Å²) in [5, 5.41) is 19.1. The highest BCUT2D eigenvalue weighted by atomic mass is 16.5. The number of fused-ring (bicyclic) bond motifs is 2. The van der Waals surface area contributed by atoms with Crippen LogP contribution in [0.15, 0.2) is 61.2 Å². The lowest BCUT2D eigenvalue weighted by molar-refractivity contribution is 0.415. The summed E-state index contributed by atoms with van der Waals surface area (Å²) in [6.45, 7) is 0. The van der Waals surface area contributed by atoms with Gasteiger partial charge in [-0.15, -0.1) is 0 Å². The third-order valence-corrected chi connectivity index (χ3v) is 4.60. The van der Waals surface area contributed by atoms with Gasteiger partial charge >= 0.3 is 0 Å². The SMILES string of the molecule is COc1cccc(Nc2ncc(-c3ccc4c(O)[nH]cc4c3)n3ncnc23)c1. The molecule has 0 fully saturated rings. The molecular formula is C20H16N6O2. The molecule has 8 nitrogen and oxygen atoms in total. The van der Waals surface area contributed by atoms with Crippen molar-refractivity contribution in [3.05, 3.63) is 61.2 Å². The number of hydrogen-bond acceptors (Lipinski definition) is 6. The molecule has 5 aromatic rings. The van der Waals surface area contributed by atoms with Crippen LogP contribution in [0, 0.1) is 0 Å². The molecule has 3 N–H and O–H groups in total. The van der Waals surface area contributed by atoms with Gasteiger partial charge in [0.25, 0.3) is 0 Å². The zero-order valence-electron chi connectivity index (χ0n) is 14.9. The highest BCUT2D eigenvalue weighted by molar-refractivity contribution is 5.91. The van der Waals surface area contributed by atoms with Gasteiger partial charge in [0.1, 0.15) is 12.1 Å². The van der Waals surface area contributed by atoms with Crippen LogP contribution in [0.3, 0.4) is 0 Å².